The third-order valence-electron chi connectivity index (χ3n) is 3.30. The highest BCUT2D eigenvalue weighted by molar-refractivity contribution is 7.89. The van der Waals surface area contributed by atoms with Crippen LogP contribution in [0.15, 0.2) is 23.4 Å². The Morgan fingerprint density at radius 1 is 1.50 bits per heavy atom. The molecule has 1 atom stereocenters. The summed E-state index contributed by atoms with van der Waals surface area (Å²) >= 11 is 0. The van der Waals surface area contributed by atoms with Crippen molar-refractivity contribution in [3.63, 3.8) is 0 Å². The van der Waals surface area contributed by atoms with E-state index in [1.807, 2.05) is 6.92 Å². The molecule has 2 rings (SSSR count). The second-order valence-electron chi connectivity index (χ2n) is 4.78. The van der Waals surface area contributed by atoms with Crippen molar-refractivity contribution in [2.75, 3.05) is 19.6 Å². The summed E-state index contributed by atoms with van der Waals surface area (Å²) in [6, 6.07) is 3.33. The third-order valence-corrected chi connectivity index (χ3v) is 5.09. The monoisotopic (exact) mass is 269 g/mol. The number of hydrogen-bond acceptors (Lipinski definition) is 4. The fraction of sp³-hybridized carbons (Fsp3) is 0.583. The van der Waals surface area contributed by atoms with Gasteiger partial charge in [-0.25, -0.2) is 13.4 Å². The van der Waals surface area contributed by atoms with Gasteiger partial charge in [-0.2, -0.15) is 4.31 Å². The lowest BCUT2D eigenvalue weighted by Crippen LogP contribution is -2.42. The van der Waals surface area contributed by atoms with E-state index in [4.69, 9.17) is 5.73 Å². The van der Waals surface area contributed by atoms with E-state index < -0.39 is 10.0 Å². The quantitative estimate of drug-likeness (QED) is 0.878. The van der Waals surface area contributed by atoms with Crippen molar-refractivity contribution < 1.29 is 8.42 Å². The number of hydrogen-bond donors (Lipinski definition) is 1. The van der Waals surface area contributed by atoms with E-state index in [9.17, 15) is 8.42 Å². The van der Waals surface area contributed by atoms with Crippen LogP contribution in [0.3, 0.4) is 0 Å². The van der Waals surface area contributed by atoms with Gasteiger partial charge >= 0.3 is 0 Å². The van der Waals surface area contributed by atoms with Gasteiger partial charge < -0.3 is 5.73 Å². The molecule has 6 heteroatoms. The Labute approximate surface area is 108 Å². The fourth-order valence-corrected chi connectivity index (χ4v) is 3.64. The Kier molecular flexibility index (Phi) is 3.99. The van der Waals surface area contributed by atoms with Crippen molar-refractivity contribution in [3.8, 4) is 0 Å². The first-order valence-electron chi connectivity index (χ1n) is 6.17. The van der Waals surface area contributed by atoms with Crippen molar-refractivity contribution in [3.05, 3.63) is 23.9 Å². The average molecular weight is 269 g/mol. The summed E-state index contributed by atoms with van der Waals surface area (Å²) in [6.45, 7) is 3.49. The maximum atomic E-state index is 12.4. The van der Waals surface area contributed by atoms with Crippen molar-refractivity contribution >= 4 is 10.0 Å². The predicted molar refractivity (Wildman–Crippen MR) is 69.5 cm³/mol. The first-order chi connectivity index (χ1) is 8.54. The van der Waals surface area contributed by atoms with E-state index in [1.54, 1.807) is 18.3 Å². The molecule has 1 aromatic heterocycles. The second-order valence-corrected chi connectivity index (χ2v) is 6.67. The lowest BCUT2D eigenvalue weighted by atomic mass is 10.0. The van der Waals surface area contributed by atoms with Crippen LogP contribution >= 0.6 is 0 Å². The Morgan fingerprint density at radius 2 is 2.28 bits per heavy atom. The maximum Gasteiger partial charge on any atom is 0.260 e. The molecule has 0 spiro atoms. The minimum atomic E-state index is -3.46. The van der Waals surface area contributed by atoms with Crippen LogP contribution in [0.2, 0.25) is 0 Å². The number of sulfonamides is 1. The van der Waals surface area contributed by atoms with Gasteiger partial charge in [0.25, 0.3) is 10.0 Å². The molecular formula is C12H19N3O2S. The summed E-state index contributed by atoms with van der Waals surface area (Å²) in [5, 5.41) is 0.130. The number of aryl methyl sites for hydroxylation is 1. The third kappa shape index (κ3) is 2.71. The van der Waals surface area contributed by atoms with Crippen LogP contribution in [-0.4, -0.2) is 37.3 Å². The Morgan fingerprint density at radius 3 is 2.89 bits per heavy atom. The smallest absolute Gasteiger partial charge is 0.260 e. The zero-order chi connectivity index (χ0) is 13.2. The minimum Gasteiger partial charge on any atom is -0.330 e. The number of nitrogens with two attached hydrogens (primary N) is 1. The molecule has 0 aliphatic carbocycles. The van der Waals surface area contributed by atoms with Crippen LogP contribution in [0.25, 0.3) is 0 Å². The number of nitrogens with zero attached hydrogens (tertiary/aromatic N) is 2. The van der Waals surface area contributed by atoms with E-state index >= 15 is 0 Å². The Bertz CT molecular complexity index is 499. The van der Waals surface area contributed by atoms with Crippen molar-refractivity contribution in [2.24, 2.45) is 11.7 Å². The maximum absolute atomic E-state index is 12.4. The Balaban J connectivity index is 2.22. The van der Waals surface area contributed by atoms with Gasteiger partial charge in [-0.05, 0) is 43.9 Å². The van der Waals surface area contributed by atoms with Crippen LogP contribution in [0, 0.1) is 12.8 Å². The summed E-state index contributed by atoms with van der Waals surface area (Å²) in [5.41, 5.74) is 6.58. The Hall–Kier alpha value is -0.980. The molecule has 0 amide bonds. The van der Waals surface area contributed by atoms with Gasteiger partial charge in [0.2, 0.25) is 0 Å². The van der Waals surface area contributed by atoms with Crippen LogP contribution in [0.4, 0.5) is 0 Å². The van der Waals surface area contributed by atoms with E-state index in [0.717, 1.165) is 18.4 Å². The largest absolute Gasteiger partial charge is 0.330 e. The zero-order valence-electron chi connectivity index (χ0n) is 10.5. The highest BCUT2D eigenvalue weighted by Crippen LogP contribution is 2.22. The molecular weight excluding hydrogens is 250 g/mol. The zero-order valence-corrected chi connectivity index (χ0v) is 11.4. The van der Waals surface area contributed by atoms with Gasteiger partial charge in [-0.1, -0.05) is 6.07 Å². The molecule has 0 unspecified atom stereocenters. The van der Waals surface area contributed by atoms with Crippen molar-refractivity contribution in [1.82, 2.24) is 9.29 Å². The molecule has 5 nitrogen and oxygen atoms in total. The number of rotatable bonds is 3. The number of pyridine rings is 1. The van der Waals surface area contributed by atoms with Gasteiger partial charge in [0.1, 0.15) is 0 Å². The van der Waals surface area contributed by atoms with Crippen LogP contribution < -0.4 is 5.73 Å². The molecule has 18 heavy (non-hydrogen) atoms. The molecule has 1 saturated heterocycles. The van der Waals surface area contributed by atoms with Crippen LogP contribution in [-0.2, 0) is 10.0 Å². The molecule has 0 saturated carbocycles. The molecule has 1 aromatic rings. The van der Waals surface area contributed by atoms with Crippen molar-refractivity contribution in [2.45, 2.75) is 24.8 Å². The second kappa shape index (κ2) is 5.34. The molecule has 1 aliphatic rings. The molecule has 0 bridgehead atoms. The molecule has 1 aliphatic heterocycles. The van der Waals surface area contributed by atoms with E-state index in [1.165, 1.54) is 4.31 Å². The highest BCUT2D eigenvalue weighted by Gasteiger charge is 2.30. The average Bonchev–Trinajstić information content (AvgIpc) is 2.39. The fourth-order valence-electron chi connectivity index (χ4n) is 2.18. The predicted octanol–water partition coefficient (Wildman–Crippen LogP) is 0.749. The molecule has 100 valence electrons. The van der Waals surface area contributed by atoms with Gasteiger partial charge in [-0.3, -0.25) is 0 Å². The summed E-state index contributed by atoms with van der Waals surface area (Å²) < 4.78 is 26.3. The molecule has 0 radical (unpaired) electrons. The summed E-state index contributed by atoms with van der Waals surface area (Å²) in [7, 11) is -3.46. The normalized spacial score (nSPS) is 22.0. The molecule has 2 N–H and O–H groups in total. The van der Waals surface area contributed by atoms with Gasteiger partial charge in [0.05, 0.1) is 0 Å². The summed E-state index contributed by atoms with van der Waals surface area (Å²) in [4.78, 5) is 4.02. The standard InChI is InChI=1S/C12H19N3O2S/c1-10-4-5-12(14-8-10)18(16,17)15-6-2-3-11(7-13)9-15/h4-5,8,11H,2-3,6-7,9,13H2,1H3/t11-/m0/s1. The SMILES string of the molecule is Cc1ccc(S(=O)(=O)N2CCC[C@@H](CN)C2)nc1. The van der Waals surface area contributed by atoms with Gasteiger partial charge in [0.15, 0.2) is 5.03 Å². The highest BCUT2D eigenvalue weighted by atomic mass is 32.2. The molecule has 0 aromatic carbocycles. The number of aromatic nitrogens is 1. The van der Waals surface area contributed by atoms with E-state index in [0.29, 0.717) is 19.6 Å². The van der Waals surface area contributed by atoms with Gasteiger partial charge in [-0.15, -0.1) is 0 Å². The molecule has 1 fully saturated rings. The van der Waals surface area contributed by atoms with Gasteiger partial charge in [0, 0.05) is 19.3 Å². The lowest BCUT2D eigenvalue weighted by Gasteiger charge is -2.30. The minimum absolute atomic E-state index is 0.130. The van der Waals surface area contributed by atoms with Crippen LogP contribution in [0.5, 0.6) is 0 Å². The van der Waals surface area contributed by atoms with E-state index in [2.05, 4.69) is 4.98 Å². The topological polar surface area (TPSA) is 76.3 Å². The van der Waals surface area contributed by atoms with E-state index in [-0.39, 0.29) is 10.9 Å². The molecule has 2 heterocycles. The first kappa shape index (κ1) is 13.5. The lowest BCUT2D eigenvalue weighted by molar-refractivity contribution is 0.271. The number of piperidine rings is 1. The van der Waals surface area contributed by atoms with Crippen LogP contribution in [0.1, 0.15) is 18.4 Å². The first-order valence-corrected chi connectivity index (χ1v) is 7.61. The summed E-state index contributed by atoms with van der Waals surface area (Å²) in [5.74, 6) is 0.263. The summed E-state index contributed by atoms with van der Waals surface area (Å²) in [6.07, 6.45) is 3.45. The van der Waals surface area contributed by atoms with Crippen molar-refractivity contribution in [1.29, 1.82) is 0 Å².